The van der Waals surface area contributed by atoms with Gasteiger partial charge in [0.2, 0.25) is 5.91 Å². The summed E-state index contributed by atoms with van der Waals surface area (Å²) in [6.45, 7) is 3.07. The molecule has 0 bridgehead atoms. The van der Waals surface area contributed by atoms with E-state index >= 15 is 0 Å². The summed E-state index contributed by atoms with van der Waals surface area (Å²) in [6.07, 6.45) is 7.80. The van der Waals surface area contributed by atoms with Gasteiger partial charge in [0.25, 0.3) is 0 Å². The van der Waals surface area contributed by atoms with Crippen LogP contribution in [0.3, 0.4) is 0 Å². The van der Waals surface area contributed by atoms with Crippen LogP contribution in [-0.2, 0) is 17.6 Å². The highest BCUT2D eigenvalue weighted by Crippen LogP contribution is 2.39. The normalized spacial score (nSPS) is 20.3. The van der Waals surface area contributed by atoms with Gasteiger partial charge in [-0.1, -0.05) is 6.07 Å². The number of benzene rings is 1. The van der Waals surface area contributed by atoms with Crippen molar-refractivity contribution in [3.8, 4) is 17.6 Å². The molecular weight excluding hydrogens is 422 g/mol. The topological polar surface area (TPSA) is 74.6 Å². The number of hydrogen-bond acceptors (Lipinski definition) is 6. The predicted molar refractivity (Wildman–Crippen MR) is 125 cm³/mol. The lowest BCUT2D eigenvalue weighted by Gasteiger charge is -2.25. The van der Waals surface area contributed by atoms with E-state index in [2.05, 4.69) is 28.4 Å². The van der Waals surface area contributed by atoms with Crippen LogP contribution in [0.25, 0.3) is 0 Å². The Kier molecular flexibility index (Phi) is 6.33. The molecule has 1 atom stereocenters. The Balaban J connectivity index is 1.22. The first-order valence-electron chi connectivity index (χ1n) is 11.7. The summed E-state index contributed by atoms with van der Waals surface area (Å²) < 4.78 is 11.6. The highest BCUT2D eigenvalue weighted by molar-refractivity contribution is 7.16. The first kappa shape index (κ1) is 21.3. The molecule has 3 aliphatic rings. The second kappa shape index (κ2) is 9.51. The number of carbonyl (C=O) groups is 1. The Bertz CT molecular complexity index is 1040. The Morgan fingerprint density at radius 1 is 1.16 bits per heavy atom. The van der Waals surface area contributed by atoms with Crippen LogP contribution in [-0.4, -0.2) is 37.1 Å². The molecule has 1 N–H and O–H groups in total. The van der Waals surface area contributed by atoms with Crippen LogP contribution in [0.15, 0.2) is 18.2 Å². The summed E-state index contributed by atoms with van der Waals surface area (Å²) in [7, 11) is 0. The fourth-order valence-electron chi connectivity index (χ4n) is 5.06. The summed E-state index contributed by atoms with van der Waals surface area (Å²) in [5, 5.41) is 13.4. The van der Waals surface area contributed by atoms with Crippen molar-refractivity contribution in [1.82, 2.24) is 4.90 Å². The number of nitrogens with one attached hydrogen (secondary N) is 1. The molecule has 0 radical (unpaired) electrons. The van der Waals surface area contributed by atoms with Gasteiger partial charge in [0.1, 0.15) is 11.1 Å². The largest absolute Gasteiger partial charge is 0.490 e. The van der Waals surface area contributed by atoms with Gasteiger partial charge in [-0.05, 0) is 68.3 Å². The first-order chi connectivity index (χ1) is 15.7. The highest BCUT2D eigenvalue weighted by Gasteiger charge is 2.28. The summed E-state index contributed by atoms with van der Waals surface area (Å²) in [6, 6.07) is 8.88. The molecule has 3 heterocycles. The van der Waals surface area contributed by atoms with Crippen molar-refractivity contribution in [3.63, 3.8) is 0 Å². The Labute approximate surface area is 193 Å². The SMILES string of the molecule is N#Cc1c(NC(=O)CCN2CCC[C@@H]2c2ccc3c(c2)OCCCO3)sc2c1CCCC2. The fourth-order valence-corrected chi connectivity index (χ4v) is 6.32. The molecule has 168 valence electrons. The van der Waals surface area contributed by atoms with E-state index in [9.17, 15) is 10.1 Å². The van der Waals surface area contributed by atoms with Crippen LogP contribution < -0.4 is 14.8 Å². The van der Waals surface area contributed by atoms with Crippen molar-refractivity contribution < 1.29 is 14.3 Å². The number of hydrogen-bond donors (Lipinski definition) is 1. The van der Waals surface area contributed by atoms with Gasteiger partial charge in [-0.3, -0.25) is 9.69 Å². The van der Waals surface area contributed by atoms with E-state index in [0.29, 0.717) is 37.8 Å². The molecule has 7 heteroatoms. The van der Waals surface area contributed by atoms with E-state index in [1.807, 2.05) is 6.07 Å². The van der Waals surface area contributed by atoms with E-state index in [4.69, 9.17) is 9.47 Å². The minimum Gasteiger partial charge on any atom is -0.490 e. The van der Waals surface area contributed by atoms with Gasteiger partial charge in [0.15, 0.2) is 11.5 Å². The number of ether oxygens (including phenoxy) is 2. The molecule has 32 heavy (non-hydrogen) atoms. The lowest BCUT2D eigenvalue weighted by molar-refractivity contribution is -0.116. The second-order valence-electron chi connectivity index (χ2n) is 8.78. The molecule has 1 aromatic carbocycles. The lowest BCUT2D eigenvalue weighted by atomic mass is 9.96. The number of aryl methyl sites for hydroxylation is 1. The minimum atomic E-state index is -0.00981. The van der Waals surface area contributed by atoms with Crippen molar-refractivity contribution in [3.05, 3.63) is 39.8 Å². The fraction of sp³-hybridized carbons (Fsp3) is 0.520. The molecule has 2 aliphatic heterocycles. The Hall–Kier alpha value is -2.56. The van der Waals surface area contributed by atoms with Gasteiger partial charge < -0.3 is 14.8 Å². The Morgan fingerprint density at radius 3 is 2.88 bits per heavy atom. The first-order valence-corrected chi connectivity index (χ1v) is 12.5. The number of nitriles is 1. The molecule has 1 fully saturated rings. The third-order valence-electron chi connectivity index (χ3n) is 6.68. The highest BCUT2D eigenvalue weighted by atomic mass is 32.1. The van der Waals surface area contributed by atoms with Crippen LogP contribution in [0, 0.1) is 11.3 Å². The van der Waals surface area contributed by atoms with Gasteiger partial charge in [-0.2, -0.15) is 5.26 Å². The maximum absolute atomic E-state index is 12.7. The number of rotatable bonds is 5. The van der Waals surface area contributed by atoms with Crippen LogP contribution in [0.5, 0.6) is 11.5 Å². The van der Waals surface area contributed by atoms with Gasteiger partial charge in [0, 0.05) is 30.3 Å². The maximum Gasteiger partial charge on any atom is 0.226 e. The van der Waals surface area contributed by atoms with Crippen LogP contribution in [0.1, 0.15) is 66.1 Å². The predicted octanol–water partition coefficient (Wildman–Crippen LogP) is 4.83. The number of fused-ring (bicyclic) bond motifs is 2. The van der Waals surface area contributed by atoms with Crippen molar-refractivity contribution in [2.24, 2.45) is 0 Å². The van der Waals surface area contributed by atoms with Crippen molar-refractivity contribution in [2.45, 2.75) is 57.4 Å². The van der Waals surface area contributed by atoms with Crippen molar-refractivity contribution in [2.75, 3.05) is 31.6 Å². The zero-order valence-electron chi connectivity index (χ0n) is 18.3. The summed E-state index contributed by atoms with van der Waals surface area (Å²) in [5.74, 6) is 1.64. The third kappa shape index (κ3) is 4.35. The number of likely N-dealkylation sites (tertiary alicyclic amines) is 1. The lowest BCUT2D eigenvalue weighted by Crippen LogP contribution is -2.27. The molecule has 2 aromatic rings. The second-order valence-corrected chi connectivity index (χ2v) is 9.88. The minimum absolute atomic E-state index is 0.00981. The summed E-state index contributed by atoms with van der Waals surface area (Å²) in [4.78, 5) is 16.4. The van der Waals surface area contributed by atoms with E-state index in [1.165, 1.54) is 16.9 Å². The van der Waals surface area contributed by atoms with Crippen molar-refractivity contribution in [1.29, 1.82) is 5.26 Å². The monoisotopic (exact) mass is 451 g/mol. The number of thiophene rings is 1. The van der Waals surface area contributed by atoms with Gasteiger partial charge in [-0.15, -0.1) is 11.3 Å². The smallest absolute Gasteiger partial charge is 0.226 e. The summed E-state index contributed by atoms with van der Waals surface area (Å²) >= 11 is 1.59. The average Bonchev–Trinajstić information content (AvgIpc) is 3.34. The van der Waals surface area contributed by atoms with Crippen LogP contribution >= 0.6 is 11.3 Å². The zero-order chi connectivity index (χ0) is 21.9. The molecule has 1 aromatic heterocycles. The molecule has 0 spiro atoms. The number of carbonyl (C=O) groups excluding carboxylic acids is 1. The molecule has 0 saturated carbocycles. The average molecular weight is 452 g/mol. The number of amides is 1. The van der Waals surface area contributed by atoms with Gasteiger partial charge in [-0.25, -0.2) is 0 Å². The van der Waals surface area contributed by atoms with Crippen molar-refractivity contribution >= 4 is 22.2 Å². The third-order valence-corrected chi connectivity index (χ3v) is 7.89. The molecule has 0 unspecified atom stereocenters. The molecular formula is C25H29N3O3S. The van der Waals surface area contributed by atoms with E-state index in [0.717, 1.165) is 67.1 Å². The summed E-state index contributed by atoms with van der Waals surface area (Å²) in [5.41, 5.74) is 3.07. The van der Waals surface area contributed by atoms with Crippen LogP contribution in [0.4, 0.5) is 5.00 Å². The Morgan fingerprint density at radius 2 is 2.00 bits per heavy atom. The quantitative estimate of drug-likeness (QED) is 0.705. The standard InChI is InChI=1S/C25H29N3O3S/c26-16-19-18-5-1-2-7-23(18)32-25(19)27-24(29)10-12-28-11-3-6-20(28)17-8-9-21-22(15-17)31-14-4-13-30-21/h8-9,15,20H,1-7,10-14H2,(H,27,29)/t20-/m1/s1. The maximum atomic E-state index is 12.7. The van der Waals surface area contributed by atoms with Crippen LogP contribution in [0.2, 0.25) is 0 Å². The van der Waals surface area contributed by atoms with Gasteiger partial charge in [0.05, 0.1) is 18.8 Å². The molecule has 1 amide bonds. The molecule has 1 aliphatic carbocycles. The zero-order valence-corrected chi connectivity index (χ0v) is 19.1. The molecule has 5 rings (SSSR count). The van der Waals surface area contributed by atoms with E-state index in [-0.39, 0.29) is 5.91 Å². The molecule has 6 nitrogen and oxygen atoms in total. The molecule has 1 saturated heterocycles. The number of nitrogens with zero attached hydrogens (tertiary/aromatic N) is 2. The number of anilines is 1. The van der Waals surface area contributed by atoms with E-state index in [1.54, 1.807) is 11.3 Å². The van der Waals surface area contributed by atoms with E-state index < -0.39 is 0 Å². The van der Waals surface area contributed by atoms with Gasteiger partial charge >= 0.3 is 0 Å².